The number of aliphatic hydroxyl groups is 3. The maximum atomic E-state index is 11.8. The van der Waals surface area contributed by atoms with Gasteiger partial charge in [0.05, 0.1) is 6.61 Å². The third-order valence-corrected chi connectivity index (χ3v) is 3.64. The largest absolute Gasteiger partial charge is 0.394 e. The van der Waals surface area contributed by atoms with Crippen molar-refractivity contribution in [3.05, 3.63) is 10.4 Å². The molecule has 0 saturated carbocycles. The second-order valence-electron chi connectivity index (χ2n) is 4.63. The minimum absolute atomic E-state index is 0.0214. The quantitative estimate of drug-likeness (QED) is 0.334. The van der Waals surface area contributed by atoms with Gasteiger partial charge in [-0.1, -0.05) is 0 Å². The van der Waals surface area contributed by atoms with E-state index in [-0.39, 0.29) is 22.3 Å². The summed E-state index contributed by atoms with van der Waals surface area (Å²) in [6.45, 7) is -0.473. The number of fused-ring (bicyclic) bond motifs is 1. The van der Waals surface area contributed by atoms with Crippen molar-refractivity contribution >= 4 is 29.7 Å². The van der Waals surface area contributed by atoms with E-state index in [1.807, 2.05) is 0 Å². The highest BCUT2D eigenvalue weighted by molar-refractivity contribution is 7.80. The molecule has 1 saturated heterocycles. The molecule has 4 atom stereocenters. The Morgan fingerprint density at radius 3 is 2.71 bits per heavy atom. The van der Waals surface area contributed by atoms with Crippen LogP contribution in [-0.2, 0) is 4.74 Å². The Kier molecular flexibility index (Phi) is 3.37. The number of nitrogens with two attached hydrogens (primary N) is 1. The summed E-state index contributed by atoms with van der Waals surface area (Å²) in [5, 5.41) is 29.0. The van der Waals surface area contributed by atoms with Crippen LogP contribution in [0.5, 0.6) is 0 Å². The van der Waals surface area contributed by atoms with Gasteiger partial charge in [-0.25, -0.2) is 4.98 Å². The van der Waals surface area contributed by atoms with Crippen LogP contribution in [0.4, 0.5) is 5.95 Å². The predicted octanol–water partition coefficient (Wildman–Crippen LogP) is -2.40. The lowest BCUT2D eigenvalue weighted by Crippen LogP contribution is -2.33. The summed E-state index contributed by atoms with van der Waals surface area (Å²) < 4.78 is 6.62. The lowest BCUT2D eigenvalue weighted by Gasteiger charge is -2.17. The average Bonchev–Trinajstić information content (AvgIpc) is 2.89. The number of ether oxygens (including phenoxy) is 1. The predicted molar refractivity (Wildman–Crippen MR) is 72.8 cm³/mol. The van der Waals surface area contributed by atoms with E-state index in [4.69, 9.17) is 15.6 Å². The minimum atomic E-state index is -1.34. The number of imidazole rings is 1. The van der Waals surface area contributed by atoms with E-state index in [1.165, 1.54) is 4.57 Å². The van der Waals surface area contributed by atoms with Gasteiger partial charge in [-0.2, -0.15) is 4.98 Å². The first-order valence-electron chi connectivity index (χ1n) is 6.03. The molecule has 3 heterocycles. The Labute approximate surface area is 122 Å². The monoisotopic (exact) mass is 315 g/mol. The van der Waals surface area contributed by atoms with Crippen molar-refractivity contribution in [3.63, 3.8) is 0 Å². The highest BCUT2D eigenvalue weighted by atomic mass is 32.1. The molecule has 2 unspecified atom stereocenters. The van der Waals surface area contributed by atoms with Crippen LogP contribution in [0.25, 0.3) is 11.2 Å². The molecule has 2 aromatic rings. The molecule has 0 amide bonds. The van der Waals surface area contributed by atoms with Crippen LogP contribution in [0, 0.1) is 0 Å². The third-order valence-electron chi connectivity index (χ3n) is 3.32. The highest BCUT2D eigenvalue weighted by Gasteiger charge is 2.44. The van der Waals surface area contributed by atoms with E-state index in [0.29, 0.717) is 0 Å². The Balaban J connectivity index is 2.17. The fourth-order valence-electron chi connectivity index (χ4n) is 2.32. The van der Waals surface area contributed by atoms with Crippen molar-refractivity contribution < 1.29 is 20.1 Å². The van der Waals surface area contributed by atoms with Crippen LogP contribution in [0.15, 0.2) is 9.95 Å². The zero-order valence-electron chi connectivity index (χ0n) is 10.5. The van der Waals surface area contributed by atoms with Gasteiger partial charge < -0.3 is 25.8 Å². The number of aromatic amines is 1. The smallest absolute Gasteiger partial charge is 0.280 e. The fraction of sp³-hybridized carbons (Fsp3) is 0.500. The maximum Gasteiger partial charge on any atom is 0.280 e. The van der Waals surface area contributed by atoms with Crippen LogP contribution in [0.2, 0.25) is 0 Å². The van der Waals surface area contributed by atoms with E-state index >= 15 is 0 Å². The van der Waals surface area contributed by atoms with E-state index < -0.39 is 36.7 Å². The summed E-state index contributed by atoms with van der Waals surface area (Å²) in [7, 11) is 0. The number of aliphatic hydroxyl groups excluding tert-OH is 3. The number of aromatic nitrogens is 4. The van der Waals surface area contributed by atoms with Crippen LogP contribution in [-0.4, -0.2) is 59.8 Å². The zero-order chi connectivity index (χ0) is 15.3. The van der Waals surface area contributed by atoms with Gasteiger partial charge in [-0.05, 0) is 0 Å². The van der Waals surface area contributed by atoms with Gasteiger partial charge in [0.25, 0.3) is 5.56 Å². The van der Waals surface area contributed by atoms with Gasteiger partial charge >= 0.3 is 0 Å². The number of thiol groups is 1. The summed E-state index contributed by atoms with van der Waals surface area (Å²) in [4.78, 5) is 22.0. The lowest BCUT2D eigenvalue weighted by molar-refractivity contribution is -0.0547. The molecule has 114 valence electrons. The summed E-state index contributed by atoms with van der Waals surface area (Å²) in [6, 6.07) is 0. The lowest BCUT2D eigenvalue weighted by atomic mass is 10.1. The Bertz CT molecular complexity index is 745. The zero-order valence-corrected chi connectivity index (χ0v) is 11.4. The van der Waals surface area contributed by atoms with Crippen molar-refractivity contribution in [1.82, 2.24) is 19.5 Å². The normalized spacial score (nSPS) is 29.3. The third kappa shape index (κ3) is 2.10. The van der Waals surface area contributed by atoms with Crippen LogP contribution in [0.3, 0.4) is 0 Å². The van der Waals surface area contributed by atoms with E-state index in [2.05, 4.69) is 27.6 Å². The van der Waals surface area contributed by atoms with Crippen molar-refractivity contribution in [3.8, 4) is 0 Å². The van der Waals surface area contributed by atoms with Gasteiger partial charge in [0.15, 0.2) is 22.5 Å². The first-order chi connectivity index (χ1) is 9.93. The van der Waals surface area contributed by atoms with Crippen molar-refractivity contribution in [2.45, 2.75) is 29.7 Å². The molecule has 11 heteroatoms. The van der Waals surface area contributed by atoms with E-state index in [9.17, 15) is 15.0 Å². The molecule has 21 heavy (non-hydrogen) atoms. The molecule has 0 aliphatic carbocycles. The van der Waals surface area contributed by atoms with Gasteiger partial charge in [-0.15, -0.1) is 12.6 Å². The molecule has 0 bridgehead atoms. The second kappa shape index (κ2) is 4.96. The highest BCUT2D eigenvalue weighted by Crippen LogP contribution is 2.33. The minimum Gasteiger partial charge on any atom is -0.394 e. The molecular formula is C10H13N5O5S. The van der Waals surface area contributed by atoms with Crippen molar-refractivity contribution in [2.75, 3.05) is 12.3 Å². The SMILES string of the molecule is Nc1nc2c(nc(S)n2[C@@H]2O[C@H](CO)C(O)C2O)c(=O)[nH]1. The summed E-state index contributed by atoms with van der Waals surface area (Å²) in [6.07, 6.45) is -4.69. The van der Waals surface area contributed by atoms with Crippen LogP contribution >= 0.6 is 12.6 Å². The van der Waals surface area contributed by atoms with Gasteiger partial charge in [0.1, 0.15) is 18.3 Å². The number of nitrogens with one attached hydrogen (secondary N) is 1. The number of anilines is 1. The molecule has 6 N–H and O–H groups in total. The Hall–Kier alpha value is -1.66. The summed E-state index contributed by atoms with van der Waals surface area (Å²) >= 11 is 4.12. The number of nitrogens with zero attached hydrogens (tertiary/aromatic N) is 3. The molecule has 3 rings (SSSR count). The molecule has 0 radical (unpaired) electrons. The van der Waals surface area contributed by atoms with Crippen molar-refractivity contribution in [2.24, 2.45) is 0 Å². The average molecular weight is 315 g/mol. The number of rotatable bonds is 2. The second-order valence-corrected chi connectivity index (χ2v) is 5.03. The van der Waals surface area contributed by atoms with Crippen LogP contribution in [0.1, 0.15) is 6.23 Å². The fourth-order valence-corrected chi connectivity index (χ4v) is 2.63. The summed E-state index contributed by atoms with van der Waals surface area (Å²) in [5.41, 5.74) is 4.98. The maximum absolute atomic E-state index is 11.8. The number of hydrogen-bond acceptors (Lipinski definition) is 9. The van der Waals surface area contributed by atoms with Gasteiger partial charge in [0.2, 0.25) is 5.95 Å². The molecule has 0 aromatic carbocycles. The number of nitrogen functional groups attached to an aromatic ring is 1. The topological polar surface area (TPSA) is 160 Å². The molecule has 1 aliphatic heterocycles. The Morgan fingerprint density at radius 1 is 1.38 bits per heavy atom. The Morgan fingerprint density at radius 2 is 2.10 bits per heavy atom. The molecule has 1 fully saturated rings. The molecular weight excluding hydrogens is 302 g/mol. The molecule has 2 aromatic heterocycles. The van der Waals surface area contributed by atoms with Crippen LogP contribution < -0.4 is 11.3 Å². The molecule has 1 aliphatic rings. The molecule has 10 nitrogen and oxygen atoms in total. The first kappa shape index (κ1) is 14.3. The number of H-pyrrole nitrogens is 1. The van der Waals surface area contributed by atoms with E-state index in [0.717, 1.165) is 0 Å². The summed E-state index contributed by atoms with van der Waals surface area (Å²) in [5.74, 6) is -0.131. The molecule has 0 spiro atoms. The van der Waals surface area contributed by atoms with Crippen molar-refractivity contribution in [1.29, 1.82) is 0 Å². The number of hydrogen-bond donors (Lipinski definition) is 6. The standard InChI is InChI=1S/C10H13N5O5S/c11-9-13-6-3(7(19)14-9)12-10(21)15(6)8-5(18)4(17)2(1-16)20-8/h2,4-5,8,16-18H,1H2,(H,12,21)(H3,11,13,14,19)/t2-,4?,5?,8-/m1/s1. The first-order valence-corrected chi connectivity index (χ1v) is 6.48. The van der Waals surface area contributed by atoms with E-state index in [1.54, 1.807) is 0 Å². The van der Waals surface area contributed by atoms with Gasteiger partial charge in [0, 0.05) is 0 Å². The van der Waals surface area contributed by atoms with Gasteiger partial charge in [-0.3, -0.25) is 14.3 Å².